The van der Waals surface area contributed by atoms with E-state index < -0.39 is 44.0 Å². The molecule has 1 rings (SSSR count). The molecule has 0 heterocycles. The van der Waals surface area contributed by atoms with Gasteiger partial charge in [0, 0.05) is 36.7 Å². The third-order valence-corrected chi connectivity index (χ3v) is 7.99. The topological polar surface area (TPSA) is 113 Å². The van der Waals surface area contributed by atoms with Crippen molar-refractivity contribution in [3.8, 4) is 0 Å². The minimum absolute atomic E-state index is 0.103. The van der Waals surface area contributed by atoms with Crippen LogP contribution in [0, 0.1) is 5.92 Å². The summed E-state index contributed by atoms with van der Waals surface area (Å²) in [5, 5.41) is -2.31. The summed E-state index contributed by atoms with van der Waals surface area (Å²) < 4.78 is 29.7. The Morgan fingerprint density at radius 2 is 1.46 bits per heavy atom. The number of amides is 2. The first-order chi connectivity index (χ1) is 13.2. The van der Waals surface area contributed by atoms with Crippen LogP contribution in [0.5, 0.6) is 0 Å². The van der Waals surface area contributed by atoms with E-state index in [1.165, 1.54) is 16.7 Å². The van der Waals surface area contributed by atoms with Crippen LogP contribution in [0.15, 0.2) is 0 Å². The molecule has 1 saturated carbocycles. The van der Waals surface area contributed by atoms with Crippen molar-refractivity contribution in [2.75, 3.05) is 32.8 Å². The van der Waals surface area contributed by atoms with E-state index in [1.807, 2.05) is 6.92 Å². The Labute approximate surface area is 173 Å². The van der Waals surface area contributed by atoms with E-state index in [9.17, 15) is 23.5 Å². The minimum atomic E-state index is -2.02. The van der Waals surface area contributed by atoms with E-state index in [-0.39, 0.29) is 18.4 Å². The molecule has 0 aromatic carbocycles. The highest BCUT2D eigenvalue weighted by atomic mass is 32.2. The van der Waals surface area contributed by atoms with Crippen molar-refractivity contribution in [1.82, 2.24) is 9.80 Å². The van der Waals surface area contributed by atoms with E-state index in [4.69, 9.17) is 4.74 Å². The van der Waals surface area contributed by atoms with Crippen molar-refractivity contribution in [1.29, 1.82) is 0 Å². The minimum Gasteiger partial charge on any atom is -0.607 e. The van der Waals surface area contributed by atoms with Crippen LogP contribution < -0.4 is 0 Å². The number of carbonyl (C=O) groups excluding carboxylic acids is 3. The van der Waals surface area contributed by atoms with Gasteiger partial charge in [-0.05, 0) is 47.5 Å². The smallest absolute Gasteiger partial charge is 0.430 e. The molecule has 1 fully saturated rings. The first kappa shape index (κ1) is 25.1. The average Bonchev–Trinajstić information content (AvgIpc) is 3.54. The van der Waals surface area contributed by atoms with Crippen LogP contribution in [-0.4, -0.2) is 78.6 Å². The molecule has 4 unspecified atom stereocenters. The van der Waals surface area contributed by atoms with Crippen molar-refractivity contribution < 1.29 is 28.2 Å². The van der Waals surface area contributed by atoms with Gasteiger partial charge in [0.15, 0.2) is 0 Å². The van der Waals surface area contributed by atoms with Crippen LogP contribution in [0.25, 0.3) is 0 Å². The zero-order chi connectivity index (χ0) is 21.4. The average molecular weight is 437 g/mol. The van der Waals surface area contributed by atoms with Crippen LogP contribution in [0.1, 0.15) is 47.5 Å². The first-order valence-electron chi connectivity index (χ1n) is 9.74. The molecule has 28 heavy (non-hydrogen) atoms. The molecule has 1 aliphatic carbocycles. The summed E-state index contributed by atoms with van der Waals surface area (Å²) in [4.78, 5) is 39.4. The number of hydrogen-bond donors (Lipinski definition) is 0. The normalized spacial score (nSPS) is 18.0. The lowest BCUT2D eigenvalue weighted by Gasteiger charge is -2.24. The quantitative estimate of drug-likeness (QED) is 0.383. The molecular weight excluding hydrogens is 404 g/mol. The lowest BCUT2D eigenvalue weighted by molar-refractivity contribution is -0.143. The Hall–Kier alpha value is -0.970. The standard InChI is InChI=1S/C18H32N2O6S2/c1-6-19(7-2)17(22)28(25)14(5)16(21)26-12-11-20(8-3)18(23)27(24)13(4)15-9-10-15/h13-15H,6-12H2,1-5H3. The zero-order valence-electron chi connectivity index (χ0n) is 17.3. The Bertz CT molecular complexity index is 542. The Balaban J connectivity index is 2.49. The largest absolute Gasteiger partial charge is 0.607 e. The Morgan fingerprint density at radius 3 is 1.93 bits per heavy atom. The Morgan fingerprint density at radius 1 is 0.964 bits per heavy atom. The van der Waals surface area contributed by atoms with Crippen molar-refractivity contribution in [3.63, 3.8) is 0 Å². The summed E-state index contributed by atoms with van der Waals surface area (Å²) >= 11 is -3.63. The van der Waals surface area contributed by atoms with E-state index >= 15 is 0 Å². The van der Waals surface area contributed by atoms with Crippen LogP contribution in [-0.2, 0) is 31.9 Å². The summed E-state index contributed by atoms with van der Waals surface area (Å²) in [5.74, 6) is -0.407. The predicted molar refractivity (Wildman–Crippen MR) is 110 cm³/mol. The second-order valence-corrected chi connectivity index (χ2v) is 10.1. The van der Waals surface area contributed by atoms with Gasteiger partial charge in [-0.2, -0.15) is 0 Å². The molecule has 0 aliphatic heterocycles. The monoisotopic (exact) mass is 436 g/mol. The maximum atomic E-state index is 12.4. The van der Waals surface area contributed by atoms with Gasteiger partial charge in [-0.25, -0.2) is 14.4 Å². The molecule has 4 atom stereocenters. The highest BCUT2D eigenvalue weighted by Gasteiger charge is 2.41. The molecule has 0 spiro atoms. The van der Waals surface area contributed by atoms with E-state index in [0.717, 1.165) is 12.8 Å². The van der Waals surface area contributed by atoms with Gasteiger partial charge in [0.1, 0.15) is 11.9 Å². The van der Waals surface area contributed by atoms with E-state index in [1.54, 1.807) is 20.8 Å². The number of likely N-dealkylation sites (N-methyl/N-ethyl adjacent to an activating group) is 1. The second kappa shape index (κ2) is 11.9. The zero-order valence-corrected chi connectivity index (χ0v) is 19.0. The van der Waals surface area contributed by atoms with Gasteiger partial charge in [-0.1, -0.05) is 0 Å². The molecule has 0 radical (unpaired) electrons. The van der Waals surface area contributed by atoms with Gasteiger partial charge in [0.2, 0.25) is 5.25 Å². The second-order valence-electron chi connectivity index (χ2n) is 6.73. The lowest BCUT2D eigenvalue weighted by atomic mass is 10.3. The molecule has 0 aromatic rings. The molecule has 1 aliphatic rings. The number of hydrogen-bond acceptors (Lipinski definition) is 6. The molecule has 8 nitrogen and oxygen atoms in total. The fourth-order valence-electron chi connectivity index (χ4n) is 2.63. The van der Waals surface area contributed by atoms with Gasteiger partial charge >= 0.3 is 16.4 Å². The SMILES string of the molecule is CCN(CC)C(=O)[S+]([O-])C(C)C(=O)OCCN(CC)C(=O)[S+]([O-])C(C)C1CC1. The summed E-state index contributed by atoms with van der Waals surface area (Å²) in [6, 6.07) is 0. The summed E-state index contributed by atoms with van der Waals surface area (Å²) in [5.41, 5.74) is 0. The molecule has 0 saturated heterocycles. The van der Waals surface area contributed by atoms with Gasteiger partial charge in [-0.15, -0.1) is 0 Å². The van der Waals surface area contributed by atoms with Gasteiger partial charge < -0.3 is 13.8 Å². The van der Waals surface area contributed by atoms with E-state index in [2.05, 4.69) is 0 Å². The summed E-state index contributed by atoms with van der Waals surface area (Å²) in [6.07, 6.45) is 2.01. The van der Waals surface area contributed by atoms with Gasteiger partial charge in [-0.3, -0.25) is 9.80 Å². The fraction of sp³-hybridized carbons (Fsp3) is 0.833. The molecule has 162 valence electrons. The summed E-state index contributed by atoms with van der Waals surface area (Å²) in [7, 11) is 0. The molecule has 0 aromatic heterocycles. The lowest BCUT2D eigenvalue weighted by Crippen LogP contribution is -2.44. The highest BCUT2D eigenvalue weighted by molar-refractivity contribution is 8.07. The molecule has 2 amide bonds. The van der Waals surface area contributed by atoms with Crippen molar-refractivity contribution in [3.05, 3.63) is 0 Å². The van der Waals surface area contributed by atoms with Crippen LogP contribution in [0.2, 0.25) is 0 Å². The third kappa shape index (κ3) is 6.82. The molecule has 0 bridgehead atoms. The first-order valence-corrected chi connectivity index (χ1v) is 12.2. The van der Waals surface area contributed by atoms with Crippen molar-refractivity contribution in [2.45, 2.75) is 58.0 Å². The molecular formula is C18H32N2O6S2. The van der Waals surface area contributed by atoms with Crippen LogP contribution in [0.4, 0.5) is 9.59 Å². The third-order valence-electron chi connectivity index (χ3n) is 4.89. The summed E-state index contributed by atoms with van der Waals surface area (Å²) in [6.45, 7) is 9.68. The van der Waals surface area contributed by atoms with Crippen molar-refractivity contribution in [2.24, 2.45) is 5.92 Å². The molecule has 10 heteroatoms. The van der Waals surface area contributed by atoms with Crippen LogP contribution in [0.3, 0.4) is 0 Å². The fourth-order valence-corrected chi connectivity index (χ4v) is 5.10. The number of esters is 1. The Kier molecular flexibility index (Phi) is 10.6. The number of ether oxygens (including phenoxy) is 1. The highest BCUT2D eigenvalue weighted by Crippen LogP contribution is 2.36. The van der Waals surface area contributed by atoms with Crippen LogP contribution >= 0.6 is 0 Å². The number of nitrogens with zero attached hydrogens (tertiary/aromatic N) is 2. The van der Waals surface area contributed by atoms with Gasteiger partial charge in [0.05, 0.1) is 17.7 Å². The molecule has 0 N–H and O–H groups in total. The number of rotatable bonds is 10. The number of carbonyl (C=O) groups is 3. The van der Waals surface area contributed by atoms with Crippen molar-refractivity contribution >= 4 is 38.8 Å². The maximum absolute atomic E-state index is 12.4. The maximum Gasteiger partial charge on any atom is 0.430 e. The van der Waals surface area contributed by atoms with E-state index in [0.29, 0.717) is 25.6 Å². The predicted octanol–water partition coefficient (Wildman–Crippen LogP) is 2.12. The van der Waals surface area contributed by atoms with Gasteiger partial charge in [0.25, 0.3) is 0 Å².